The summed E-state index contributed by atoms with van der Waals surface area (Å²) in [6, 6.07) is 5.07. The molecule has 0 aliphatic carbocycles. The van der Waals surface area contributed by atoms with Crippen LogP contribution in [0.4, 0.5) is 4.39 Å². The highest BCUT2D eigenvalue weighted by Crippen LogP contribution is 2.31. The SMILES string of the molecule is Fc1ccc(-c2cn(I)c3ncc(Br)cc23)cn1. The fourth-order valence-electron chi connectivity index (χ4n) is 1.81. The Kier molecular flexibility index (Phi) is 3.06. The van der Waals surface area contributed by atoms with Crippen LogP contribution in [-0.4, -0.2) is 12.7 Å². The van der Waals surface area contributed by atoms with Crippen molar-refractivity contribution in [2.45, 2.75) is 0 Å². The van der Waals surface area contributed by atoms with E-state index < -0.39 is 5.95 Å². The summed E-state index contributed by atoms with van der Waals surface area (Å²) in [6.45, 7) is 0. The predicted molar refractivity (Wildman–Crippen MR) is 80.0 cm³/mol. The predicted octanol–water partition coefficient (Wildman–Crippen LogP) is 4.20. The first-order chi connectivity index (χ1) is 8.65. The number of halogens is 3. The summed E-state index contributed by atoms with van der Waals surface area (Å²) in [7, 11) is 0. The van der Waals surface area contributed by atoms with E-state index in [0.29, 0.717) is 0 Å². The smallest absolute Gasteiger partial charge is 0.212 e. The van der Waals surface area contributed by atoms with Gasteiger partial charge in [-0.1, -0.05) is 0 Å². The second-order valence-corrected chi connectivity index (χ2v) is 5.70. The van der Waals surface area contributed by atoms with E-state index in [1.165, 1.54) is 12.3 Å². The summed E-state index contributed by atoms with van der Waals surface area (Å²) in [6.07, 6.45) is 5.24. The zero-order valence-electron chi connectivity index (χ0n) is 8.94. The van der Waals surface area contributed by atoms with Crippen LogP contribution in [-0.2, 0) is 0 Å². The molecular weight excluding hydrogens is 412 g/mol. The third-order valence-electron chi connectivity index (χ3n) is 2.61. The number of nitrogens with zero attached hydrogens (tertiary/aromatic N) is 3. The molecule has 3 aromatic heterocycles. The van der Waals surface area contributed by atoms with Crippen LogP contribution in [0.25, 0.3) is 22.2 Å². The van der Waals surface area contributed by atoms with Crippen molar-refractivity contribution in [1.82, 2.24) is 12.7 Å². The van der Waals surface area contributed by atoms with Gasteiger partial charge in [0.05, 0.1) is 22.9 Å². The number of pyridine rings is 2. The van der Waals surface area contributed by atoms with Gasteiger partial charge < -0.3 is 0 Å². The molecule has 0 saturated carbocycles. The molecular formula is C12H6BrFIN3. The third kappa shape index (κ3) is 2.03. The molecule has 0 aromatic carbocycles. The summed E-state index contributed by atoms with van der Waals surface area (Å²) in [5.74, 6) is -0.476. The van der Waals surface area contributed by atoms with Gasteiger partial charge in [-0.2, -0.15) is 4.39 Å². The van der Waals surface area contributed by atoms with Gasteiger partial charge in [-0.15, -0.1) is 0 Å². The fourth-order valence-corrected chi connectivity index (χ4v) is 2.80. The molecule has 0 radical (unpaired) electrons. The van der Waals surface area contributed by atoms with Gasteiger partial charge in [-0.05, 0) is 34.1 Å². The molecule has 18 heavy (non-hydrogen) atoms. The van der Waals surface area contributed by atoms with E-state index in [9.17, 15) is 4.39 Å². The van der Waals surface area contributed by atoms with Crippen LogP contribution in [0, 0.1) is 5.95 Å². The topological polar surface area (TPSA) is 30.7 Å². The molecule has 0 aliphatic heterocycles. The molecule has 0 atom stereocenters. The Balaban J connectivity index is 2.28. The number of rotatable bonds is 1. The number of aromatic nitrogens is 3. The Bertz CT molecular complexity index is 724. The van der Waals surface area contributed by atoms with Crippen LogP contribution in [0.5, 0.6) is 0 Å². The molecule has 0 spiro atoms. The standard InChI is InChI=1S/C12H6BrFIN3/c13-8-3-9-10(6-18(15)12(9)17-5-8)7-1-2-11(14)16-4-7/h1-6H. The van der Waals surface area contributed by atoms with Crippen molar-refractivity contribution in [2.24, 2.45) is 0 Å². The highest BCUT2D eigenvalue weighted by molar-refractivity contribution is 14.1. The van der Waals surface area contributed by atoms with Crippen LogP contribution in [0.3, 0.4) is 0 Å². The van der Waals surface area contributed by atoms with E-state index in [4.69, 9.17) is 0 Å². The lowest BCUT2D eigenvalue weighted by atomic mass is 10.1. The molecule has 3 rings (SSSR count). The van der Waals surface area contributed by atoms with Crippen LogP contribution >= 0.6 is 38.8 Å². The van der Waals surface area contributed by atoms with E-state index in [2.05, 4.69) is 48.8 Å². The van der Waals surface area contributed by atoms with Crippen molar-refractivity contribution in [3.63, 3.8) is 0 Å². The Morgan fingerprint density at radius 3 is 2.78 bits per heavy atom. The molecule has 0 unspecified atom stereocenters. The maximum atomic E-state index is 12.8. The monoisotopic (exact) mass is 417 g/mol. The number of hydrogen-bond donors (Lipinski definition) is 0. The minimum atomic E-state index is -0.476. The van der Waals surface area contributed by atoms with Gasteiger partial charge in [0.25, 0.3) is 0 Å². The van der Waals surface area contributed by atoms with Crippen molar-refractivity contribution in [1.29, 1.82) is 0 Å². The summed E-state index contributed by atoms with van der Waals surface area (Å²) in [4.78, 5) is 8.04. The molecule has 0 aliphatic rings. The molecule has 3 nitrogen and oxygen atoms in total. The van der Waals surface area contributed by atoms with Crippen molar-refractivity contribution < 1.29 is 4.39 Å². The first-order valence-electron chi connectivity index (χ1n) is 5.10. The average molecular weight is 418 g/mol. The Labute approximate surface area is 125 Å². The fraction of sp³-hybridized carbons (Fsp3) is 0. The summed E-state index contributed by atoms with van der Waals surface area (Å²) in [5.41, 5.74) is 2.73. The van der Waals surface area contributed by atoms with Crippen molar-refractivity contribution in [2.75, 3.05) is 0 Å². The quantitative estimate of drug-likeness (QED) is 0.439. The molecule has 0 amide bonds. The zero-order chi connectivity index (χ0) is 12.7. The second kappa shape index (κ2) is 4.58. The lowest BCUT2D eigenvalue weighted by Gasteiger charge is -1.98. The zero-order valence-corrected chi connectivity index (χ0v) is 12.7. The molecule has 90 valence electrons. The second-order valence-electron chi connectivity index (χ2n) is 3.75. The summed E-state index contributed by atoms with van der Waals surface area (Å²) in [5, 5.41) is 1.01. The highest BCUT2D eigenvalue weighted by Gasteiger charge is 2.11. The number of hydrogen-bond acceptors (Lipinski definition) is 2. The van der Waals surface area contributed by atoms with Gasteiger partial charge in [0.1, 0.15) is 5.65 Å². The summed E-state index contributed by atoms with van der Waals surface area (Å²) < 4.78 is 15.7. The molecule has 0 N–H and O–H groups in total. The van der Waals surface area contributed by atoms with Crippen LogP contribution in [0.1, 0.15) is 0 Å². The van der Waals surface area contributed by atoms with Crippen molar-refractivity contribution in [3.8, 4) is 11.1 Å². The molecule has 0 bridgehead atoms. The van der Waals surface area contributed by atoms with Crippen LogP contribution in [0.2, 0.25) is 0 Å². The highest BCUT2D eigenvalue weighted by atomic mass is 127. The maximum Gasteiger partial charge on any atom is 0.212 e. The van der Waals surface area contributed by atoms with E-state index in [1.54, 1.807) is 12.3 Å². The lowest BCUT2D eigenvalue weighted by molar-refractivity contribution is 0.584. The van der Waals surface area contributed by atoms with Gasteiger partial charge in [-0.3, -0.25) is 2.78 Å². The first kappa shape index (κ1) is 12.0. The Hall–Kier alpha value is -1.02. The minimum Gasteiger partial charge on any atom is -0.273 e. The Morgan fingerprint density at radius 2 is 2.06 bits per heavy atom. The maximum absolute atomic E-state index is 12.8. The molecule has 0 fully saturated rings. The van der Waals surface area contributed by atoms with Crippen LogP contribution in [0.15, 0.2) is 41.3 Å². The molecule has 3 heterocycles. The van der Waals surface area contributed by atoms with Gasteiger partial charge >= 0.3 is 0 Å². The van der Waals surface area contributed by atoms with Gasteiger partial charge in [0, 0.05) is 39.6 Å². The lowest BCUT2D eigenvalue weighted by Crippen LogP contribution is -1.83. The van der Waals surface area contributed by atoms with E-state index in [0.717, 1.165) is 26.6 Å². The minimum absolute atomic E-state index is 0.476. The van der Waals surface area contributed by atoms with Gasteiger partial charge in [0.15, 0.2) is 0 Å². The third-order valence-corrected chi connectivity index (χ3v) is 3.78. The molecule has 6 heteroatoms. The van der Waals surface area contributed by atoms with Crippen molar-refractivity contribution in [3.05, 3.63) is 47.2 Å². The molecule has 3 aromatic rings. The van der Waals surface area contributed by atoms with Crippen molar-refractivity contribution >= 4 is 49.8 Å². The normalized spacial score (nSPS) is 11.1. The van der Waals surface area contributed by atoms with Gasteiger partial charge in [0.2, 0.25) is 5.95 Å². The van der Waals surface area contributed by atoms with Crippen LogP contribution < -0.4 is 0 Å². The molecule has 0 saturated heterocycles. The van der Waals surface area contributed by atoms with E-state index >= 15 is 0 Å². The largest absolute Gasteiger partial charge is 0.273 e. The van der Waals surface area contributed by atoms with Gasteiger partial charge in [-0.25, -0.2) is 9.97 Å². The number of fused-ring (bicyclic) bond motifs is 1. The summed E-state index contributed by atoms with van der Waals surface area (Å²) >= 11 is 5.58. The Morgan fingerprint density at radius 1 is 1.22 bits per heavy atom. The average Bonchev–Trinajstić information content (AvgIpc) is 2.67. The first-order valence-corrected chi connectivity index (χ1v) is 6.85. The van der Waals surface area contributed by atoms with E-state index in [-0.39, 0.29) is 0 Å². The van der Waals surface area contributed by atoms with E-state index in [1.807, 2.05) is 15.0 Å².